The van der Waals surface area contributed by atoms with Gasteiger partial charge in [-0.3, -0.25) is 0 Å². The lowest BCUT2D eigenvalue weighted by atomic mass is 10.0. The van der Waals surface area contributed by atoms with Gasteiger partial charge in [0, 0.05) is 48.4 Å². The second-order valence-electron chi connectivity index (χ2n) is 10.8. The minimum absolute atomic E-state index is 0.211. The summed E-state index contributed by atoms with van der Waals surface area (Å²) in [5, 5.41) is 5.67. The smallest absolute Gasteiger partial charge is 0.318 e. The van der Waals surface area contributed by atoms with Crippen molar-refractivity contribution < 1.29 is 9.13 Å². The van der Waals surface area contributed by atoms with E-state index in [0.717, 1.165) is 54.0 Å². The fourth-order valence-corrected chi connectivity index (χ4v) is 6.30. The first-order valence-corrected chi connectivity index (χ1v) is 13.6. The topological polar surface area (TPSA) is 56.8 Å². The van der Waals surface area contributed by atoms with Gasteiger partial charge < -0.3 is 24.8 Å². The van der Waals surface area contributed by atoms with Crippen molar-refractivity contribution in [2.45, 2.75) is 50.7 Å². The van der Waals surface area contributed by atoms with E-state index in [1.165, 1.54) is 50.4 Å². The largest absolute Gasteiger partial charge is 0.467 e. The minimum atomic E-state index is -0.211. The van der Waals surface area contributed by atoms with E-state index >= 15 is 0 Å². The van der Waals surface area contributed by atoms with Crippen molar-refractivity contribution in [2.75, 3.05) is 56.7 Å². The van der Waals surface area contributed by atoms with E-state index in [-0.39, 0.29) is 5.82 Å². The molecule has 2 bridgehead atoms. The summed E-state index contributed by atoms with van der Waals surface area (Å²) in [6.45, 7) is 6.12. The highest BCUT2D eigenvalue weighted by Gasteiger charge is 2.35. The van der Waals surface area contributed by atoms with E-state index in [4.69, 9.17) is 14.7 Å². The molecular formula is C29H37FN6O. The van der Waals surface area contributed by atoms with Crippen molar-refractivity contribution in [3.8, 4) is 6.01 Å². The molecule has 0 spiro atoms. The van der Waals surface area contributed by atoms with E-state index in [2.05, 4.69) is 33.1 Å². The molecule has 3 fully saturated rings. The van der Waals surface area contributed by atoms with Crippen molar-refractivity contribution in [3.05, 3.63) is 53.5 Å². The van der Waals surface area contributed by atoms with Crippen LogP contribution in [0.2, 0.25) is 0 Å². The van der Waals surface area contributed by atoms with Gasteiger partial charge in [-0.1, -0.05) is 18.2 Å². The number of hydrogen-bond donors (Lipinski definition) is 1. The summed E-state index contributed by atoms with van der Waals surface area (Å²) < 4.78 is 19.5. The number of nitrogens with one attached hydrogen (secondary N) is 1. The second-order valence-corrected chi connectivity index (χ2v) is 10.8. The van der Waals surface area contributed by atoms with Crippen molar-refractivity contribution in [1.82, 2.24) is 20.2 Å². The fraction of sp³-hybridized carbons (Fsp3) is 0.517. The quantitative estimate of drug-likeness (QED) is 0.579. The monoisotopic (exact) mass is 504 g/mol. The number of ether oxygens (including phenoxy) is 1. The van der Waals surface area contributed by atoms with Crippen molar-refractivity contribution >= 4 is 22.3 Å². The lowest BCUT2D eigenvalue weighted by Crippen LogP contribution is -2.52. The molecule has 0 aliphatic carbocycles. The molecule has 7 nitrogen and oxygen atoms in total. The molecule has 3 saturated heterocycles. The van der Waals surface area contributed by atoms with Gasteiger partial charge in [0.1, 0.15) is 11.6 Å². The van der Waals surface area contributed by atoms with Gasteiger partial charge in [0.25, 0.3) is 0 Å². The molecule has 4 aliphatic rings. The number of hydrogen-bond acceptors (Lipinski definition) is 7. The average Bonchev–Trinajstić information content (AvgIpc) is 3.54. The standard InChI is InChI=1S/C24H26FN5O.C5H11N/c1-31-24-27-21-14-29(22-4-2-3-15-5-6-16(25)11-20(15)22)10-9-19(21)23(28-24)30-12-17-7-8-18(13-30)26-17;1-6-4-2-3-5-6/h2-6,11,17-18,26H,7-10,12-14H2,1H3;2-5H2,1H3. The lowest BCUT2D eigenvalue weighted by Gasteiger charge is -2.37. The number of methoxy groups -OCH3 is 1. The Balaban J connectivity index is 0.000000372. The summed E-state index contributed by atoms with van der Waals surface area (Å²) in [5.41, 5.74) is 3.28. The first-order valence-electron chi connectivity index (χ1n) is 13.6. The van der Waals surface area contributed by atoms with Gasteiger partial charge in [-0.15, -0.1) is 0 Å². The molecule has 0 radical (unpaired) electrons. The summed E-state index contributed by atoms with van der Waals surface area (Å²) in [4.78, 5) is 16.6. The van der Waals surface area contributed by atoms with E-state index in [0.29, 0.717) is 24.6 Å². The highest BCUT2D eigenvalue weighted by molar-refractivity contribution is 5.94. The zero-order valence-corrected chi connectivity index (χ0v) is 21.9. The molecule has 1 N–H and O–H groups in total. The Morgan fingerprint density at radius 1 is 0.973 bits per heavy atom. The SMILES string of the molecule is CN1CCCC1.COc1nc2c(c(N3CC4CCC(C3)N4)n1)CCN(c1cccc3ccc(F)cc13)C2. The van der Waals surface area contributed by atoms with E-state index in [1.807, 2.05) is 18.2 Å². The lowest BCUT2D eigenvalue weighted by molar-refractivity contribution is 0.374. The van der Waals surface area contributed by atoms with Gasteiger partial charge >= 0.3 is 6.01 Å². The third-order valence-corrected chi connectivity index (χ3v) is 8.21. The maximum absolute atomic E-state index is 14.0. The number of rotatable bonds is 3. The molecule has 4 aliphatic heterocycles. The molecule has 1 aromatic heterocycles. The van der Waals surface area contributed by atoms with Gasteiger partial charge in [0.2, 0.25) is 0 Å². The van der Waals surface area contributed by atoms with Crippen LogP contribution in [0.3, 0.4) is 0 Å². The third kappa shape index (κ3) is 5.09. The van der Waals surface area contributed by atoms with Crippen LogP contribution in [-0.2, 0) is 13.0 Å². The van der Waals surface area contributed by atoms with Crippen molar-refractivity contribution in [3.63, 3.8) is 0 Å². The number of aromatic nitrogens is 2. The van der Waals surface area contributed by atoms with Gasteiger partial charge in [0.15, 0.2) is 0 Å². The summed E-state index contributed by atoms with van der Waals surface area (Å²) in [6, 6.07) is 12.6. The third-order valence-electron chi connectivity index (χ3n) is 8.21. The maximum Gasteiger partial charge on any atom is 0.318 e. The molecule has 196 valence electrons. The first kappa shape index (κ1) is 24.4. The van der Waals surface area contributed by atoms with Crippen LogP contribution in [0.25, 0.3) is 10.8 Å². The molecule has 2 aromatic carbocycles. The normalized spacial score (nSPS) is 23.1. The Morgan fingerprint density at radius 2 is 1.76 bits per heavy atom. The Morgan fingerprint density at radius 3 is 2.46 bits per heavy atom. The Labute approximate surface area is 218 Å². The van der Waals surface area contributed by atoms with Gasteiger partial charge in [-0.05, 0) is 75.8 Å². The molecule has 3 aromatic rings. The number of benzene rings is 2. The molecular weight excluding hydrogens is 467 g/mol. The van der Waals surface area contributed by atoms with Crippen LogP contribution in [0.5, 0.6) is 6.01 Å². The molecule has 2 unspecified atom stereocenters. The summed E-state index contributed by atoms with van der Waals surface area (Å²) in [7, 11) is 3.80. The van der Waals surface area contributed by atoms with Gasteiger partial charge in [0.05, 0.1) is 19.3 Å². The molecule has 0 saturated carbocycles. The van der Waals surface area contributed by atoms with E-state index < -0.39 is 0 Å². The highest BCUT2D eigenvalue weighted by atomic mass is 19.1. The van der Waals surface area contributed by atoms with Crippen LogP contribution in [-0.4, -0.2) is 73.8 Å². The zero-order chi connectivity index (χ0) is 25.4. The van der Waals surface area contributed by atoms with Crippen LogP contribution in [0.15, 0.2) is 36.4 Å². The molecule has 0 amide bonds. The molecule has 8 heteroatoms. The van der Waals surface area contributed by atoms with Gasteiger partial charge in [-0.25, -0.2) is 4.39 Å². The zero-order valence-electron chi connectivity index (χ0n) is 21.9. The maximum atomic E-state index is 14.0. The number of nitrogens with zero attached hydrogens (tertiary/aromatic N) is 5. The van der Waals surface area contributed by atoms with Crippen molar-refractivity contribution in [2.24, 2.45) is 0 Å². The van der Waals surface area contributed by atoms with E-state index in [9.17, 15) is 4.39 Å². The summed E-state index contributed by atoms with van der Waals surface area (Å²) in [6.07, 6.45) is 6.15. The van der Waals surface area contributed by atoms with Crippen LogP contribution in [0.4, 0.5) is 15.9 Å². The number of anilines is 2. The number of halogens is 1. The summed E-state index contributed by atoms with van der Waals surface area (Å²) >= 11 is 0. The predicted octanol–water partition coefficient (Wildman–Crippen LogP) is 3.99. The fourth-order valence-electron chi connectivity index (χ4n) is 6.30. The Hall–Kier alpha value is -2.97. The van der Waals surface area contributed by atoms with Crippen LogP contribution < -0.4 is 19.9 Å². The van der Waals surface area contributed by atoms with Crippen molar-refractivity contribution in [1.29, 1.82) is 0 Å². The van der Waals surface area contributed by atoms with Crippen LogP contribution in [0.1, 0.15) is 36.9 Å². The molecule has 2 atom stereocenters. The molecule has 37 heavy (non-hydrogen) atoms. The van der Waals surface area contributed by atoms with Crippen LogP contribution in [0, 0.1) is 5.82 Å². The van der Waals surface area contributed by atoms with Crippen LogP contribution >= 0.6 is 0 Å². The number of likely N-dealkylation sites (tertiary alicyclic amines) is 1. The predicted molar refractivity (Wildman–Crippen MR) is 146 cm³/mol. The number of fused-ring (bicyclic) bond motifs is 4. The Kier molecular flexibility index (Phi) is 6.86. The first-order chi connectivity index (χ1) is 18.1. The summed E-state index contributed by atoms with van der Waals surface area (Å²) in [5.74, 6) is 0.820. The minimum Gasteiger partial charge on any atom is -0.467 e. The number of piperazine rings is 1. The average molecular weight is 505 g/mol. The Bertz CT molecular complexity index is 1250. The highest BCUT2D eigenvalue weighted by Crippen LogP contribution is 2.35. The molecule has 7 rings (SSSR count). The second kappa shape index (κ2) is 10.4. The van der Waals surface area contributed by atoms with E-state index in [1.54, 1.807) is 13.2 Å². The van der Waals surface area contributed by atoms with Gasteiger partial charge in [-0.2, -0.15) is 9.97 Å². The molecule has 5 heterocycles.